The first kappa shape index (κ1) is 18.2. The summed E-state index contributed by atoms with van der Waals surface area (Å²) < 4.78 is 8.00. The van der Waals surface area contributed by atoms with E-state index >= 15 is 0 Å². The molecule has 1 aliphatic carbocycles. The summed E-state index contributed by atoms with van der Waals surface area (Å²) in [5, 5.41) is 20.1. The van der Waals surface area contributed by atoms with E-state index in [2.05, 4.69) is 15.3 Å². The molecule has 1 N–H and O–H groups in total. The number of thioether (sulfide) groups is 1. The van der Waals surface area contributed by atoms with E-state index < -0.39 is 5.60 Å². The van der Waals surface area contributed by atoms with Crippen molar-refractivity contribution in [1.82, 2.24) is 20.0 Å². The number of hydrogen-bond acceptors (Lipinski definition) is 6. The Hall–Kier alpha value is -1.83. The van der Waals surface area contributed by atoms with Gasteiger partial charge in [-0.1, -0.05) is 16.8 Å². The molecule has 6 nitrogen and oxygen atoms in total. The molecule has 3 heterocycles. The molecule has 2 aromatic heterocycles. The maximum atomic E-state index is 11.1. The number of pyridine rings is 1. The summed E-state index contributed by atoms with van der Waals surface area (Å²) in [4.78, 5) is 4.38. The molecule has 1 aliphatic heterocycles. The molecule has 0 unspecified atom stereocenters. The van der Waals surface area contributed by atoms with E-state index in [1.807, 2.05) is 40.7 Å². The van der Waals surface area contributed by atoms with Gasteiger partial charge in [-0.15, -0.1) is 5.10 Å². The Morgan fingerprint density at radius 2 is 2.07 bits per heavy atom. The second kappa shape index (κ2) is 7.21. The van der Waals surface area contributed by atoms with E-state index in [4.69, 9.17) is 16.3 Å². The molecule has 0 spiro atoms. The van der Waals surface area contributed by atoms with Gasteiger partial charge < -0.3 is 9.84 Å². The second-order valence-corrected chi connectivity index (χ2v) is 9.17. The molecule has 0 bridgehead atoms. The highest BCUT2D eigenvalue weighted by atomic mass is 35.5. The molecule has 1 saturated carbocycles. The van der Waals surface area contributed by atoms with Crippen LogP contribution >= 0.6 is 23.4 Å². The predicted molar refractivity (Wildman–Crippen MR) is 110 cm³/mol. The van der Waals surface area contributed by atoms with Crippen LogP contribution in [0.15, 0.2) is 30.5 Å². The van der Waals surface area contributed by atoms with Gasteiger partial charge >= 0.3 is 0 Å². The topological polar surface area (TPSA) is 73.1 Å². The van der Waals surface area contributed by atoms with Gasteiger partial charge in [-0.3, -0.25) is 0 Å². The molecule has 0 radical (unpaired) electrons. The fraction of sp³-hybridized carbons (Fsp3) is 0.450. The third-order valence-corrected chi connectivity index (χ3v) is 6.87. The van der Waals surface area contributed by atoms with Crippen molar-refractivity contribution in [3.8, 4) is 11.6 Å². The van der Waals surface area contributed by atoms with Crippen LogP contribution in [0.5, 0.6) is 11.6 Å². The van der Waals surface area contributed by atoms with Gasteiger partial charge in [0.15, 0.2) is 5.75 Å². The molecule has 5 rings (SSSR count). The van der Waals surface area contributed by atoms with Crippen molar-refractivity contribution >= 4 is 34.4 Å². The fourth-order valence-electron chi connectivity index (χ4n) is 3.65. The van der Waals surface area contributed by atoms with Crippen molar-refractivity contribution in [3.63, 3.8) is 0 Å². The number of halogens is 1. The Kier molecular flexibility index (Phi) is 4.69. The molecule has 2 fully saturated rings. The number of rotatable bonds is 5. The van der Waals surface area contributed by atoms with Crippen LogP contribution in [-0.4, -0.2) is 36.6 Å². The van der Waals surface area contributed by atoms with Gasteiger partial charge in [-0.05, 0) is 67.4 Å². The molecule has 0 atom stereocenters. The maximum Gasteiger partial charge on any atom is 0.225 e. The SMILES string of the molecule is OC1(c2cccnc2Oc2ccc3c(nnn3CC3CC3)c2Cl)CCSCC1. The summed E-state index contributed by atoms with van der Waals surface area (Å²) in [7, 11) is 0. The molecule has 2 aliphatic rings. The first-order valence-electron chi connectivity index (χ1n) is 9.59. The summed E-state index contributed by atoms with van der Waals surface area (Å²) in [6.07, 6.45) is 5.53. The molecule has 3 aromatic rings. The van der Waals surface area contributed by atoms with Gasteiger partial charge in [0, 0.05) is 18.3 Å². The minimum atomic E-state index is -0.918. The third kappa shape index (κ3) is 3.36. The quantitative estimate of drug-likeness (QED) is 0.664. The van der Waals surface area contributed by atoms with Crippen molar-refractivity contribution in [3.05, 3.63) is 41.0 Å². The lowest BCUT2D eigenvalue weighted by molar-refractivity contribution is 0.0256. The van der Waals surface area contributed by atoms with Crippen LogP contribution in [-0.2, 0) is 12.1 Å². The van der Waals surface area contributed by atoms with E-state index in [9.17, 15) is 5.11 Å². The van der Waals surface area contributed by atoms with Gasteiger partial charge in [0.1, 0.15) is 10.5 Å². The Balaban J connectivity index is 1.48. The number of fused-ring (bicyclic) bond motifs is 1. The molecule has 1 aromatic carbocycles. The molecule has 8 heteroatoms. The third-order valence-electron chi connectivity index (χ3n) is 5.52. The molecular weight excluding hydrogens is 396 g/mol. The molecule has 0 amide bonds. The lowest BCUT2D eigenvalue weighted by Crippen LogP contribution is -2.31. The Bertz CT molecular complexity index is 1010. The van der Waals surface area contributed by atoms with Crippen LogP contribution in [0, 0.1) is 5.92 Å². The van der Waals surface area contributed by atoms with E-state index in [0.29, 0.717) is 46.5 Å². The van der Waals surface area contributed by atoms with E-state index in [1.54, 1.807) is 6.20 Å². The normalized spacial score (nSPS) is 19.1. The lowest BCUT2D eigenvalue weighted by atomic mass is 9.89. The fourth-order valence-corrected chi connectivity index (χ4v) is 5.06. The largest absolute Gasteiger partial charge is 0.437 e. The van der Waals surface area contributed by atoms with Gasteiger partial charge in [0.25, 0.3) is 0 Å². The summed E-state index contributed by atoms with van der Waals surface area (Å²) >= 11 is 8.45. The Labute approximate surface area is 172 Å². The van der Waals surface area contributed by atoms with Crippen LogP contribution in [0.25, 0.3) is 11.0 Å². The zero-order valence-corrected chi connectivity index (χ0v) is 16.9. The van der Waals surface area contributed by atoms with Gasteiger partial charge in [0.05, 0.1) is 11.1 Å². The highest BCUT2D eigenvalue weighted by Crippen LogP contribution is 2.42. The van der Waals surface area contributed by atoms with Crippen LogP contribution in [0.4, 0.5) is 0 Å². The molecular formula is C20H21ClN4O2S. The van der Waals surface area contributed by atoms with Crippen molar-refractivity contribution in [2.75, 3.05) is 11.5 Å². The highest BCUT2D eigenvalue weighted by molar-refractivity contribution is 7.99. The average Bonchev–Trinajstić information content (AvgIpc) is 3.43. The molecule has 146 valence electrons. The van der Waals surface area contributed by atoms with Crippen molar-refractivity contribution < 1.29 is 9.84 Å². The monoisotopic (exact) mass is 416 g/mol. The predicted octanol–water partition coefficient (Wildman–Crippen LogP) is 4.40. The number of aliphatic hydroxyl groups is 1. The van der Waals surface area contributed by atoms with Crippen LogP contribution in [0.1, 0.15) is 31.2 Å². The molecule has 28 heavy (non-hydrogen) atoms. The van der Waals surface area contributed by atoms with Crippen LogP contribution < -0.4 is 4.74 Å². The number of aromatic nitrogens is 4. The van der Waals surface area contributed by atoms with Crippen molar-refractivity contribution in [2.24, 2.45) is 5.92 Å². The van der Waals surface area contributed by atoms with Crippen molar-refractivity contribution in [2.45, 2.75) is 37.8 Å². The van der Waals surface area contributed by atoms with E-state index in [-0.39, 0.29) is 0 Å². The van der Waals surface area contributed by atoms with Gasteiger partial charge in [0.2, 0.25) is 5.88 Å². The number of hydrogen-bond donors (Lipinski definition) is 1. The maximum absolute atomic E-state index is 11.1. The van der Waals surface area contributed by atoms with Crippen LogP contribution in [0.2, 0.25) is 5.02 Å². The first-order chi connectivity index (χ1) is 13.6. The van der Waals surface area contributed by atoms with Crippen LogP contribution in [0.3, 0.4) is 0 Å². The minimum absolute atomic E-state index is 0.392. The van der Waals surface area contributed by atoms with E-state index in [0.717, 1.165) is 23.6 Å². The first-order valence-corrected chi connectivity index (χ1v) is 11.1. The number of ether oxygens (including phenoxy) is 1. The Morgan fingerprint density at radius 1 is 1.25 bits per heavy atom. The second-order valence-electron chi connectivity index (χ2n) is 7.56. The van der Waals surface area contributed by atoms with Gasteiger partial charge in [-0.2, -0.15) is 11.8 Å². The number of nitrogens with zero attached hydrogens (tertiary/aromatic N) is 4. The number of benzene rings is 1. The lowest BCUT2D eigenvalue weighted by Gasteiger charge is -2.32. The summed E-state index contributed by atoms with van der Waals surface area (Å²) in [6, 6.07) is 7.48. The zero-order valence-electron chi connectivity index (χ0n) is 15.3. The smallest absolute Gasteiger partial charge is 0.225 e. The average molecular weight is 417 g/mol. The molecule has 1 saturated heterocycles. The summed E-state index contributed by atoms with van der Waals surface area (Å²) in [5.41, 5.74) is 1.33. The van der Waals surface area contributed by atoms with Crippen molar-refractivity contribution in [1.29, 1.82) is 0 Å². The van der Waals surface area contributed by atoms with Gasteiger partial charge in [-0.25, -0.2) is 9.67 Å². The minimum Gasteiger partial charge on any atom is -0.437 e. The summed E-state index contributed by atoms with van der Waals surface area (Å²) in [6.45, 7) is 0.877. The summed E-state index contributed by atoms with van der Waals surface area (Å²) in [5.74, 6) is 3.40. The van der Waals surface area contributed by atoms with E-state index in [1.165, 1.54) is 12.8 Å². The highest BCUT2D eigenvalue weighted by Gasteiger charge is 2.35. The Morgan fingerprint density at radius 3 is 2.86 bits per heavy atom. The zero-order chi connectivity index (χ0) is 19.1. The standard InChI is InChI=1S/C20H21ClN4O2S/c21-17-16(6-5-15-18(17)23-24-25(15)12-13-3-4-13)27-19-14(2-1-9-22-19)20(26)7-10-28-11-8-20/h1-2,5-6,9,13,26H,3-4,7-8,10-12H2.